The van der Waals surface area contributed by atoms with E-state index in [1.165, 1.54) is 5.56 Å². The molecule has 0 fully saturated rings. The van der Waals surface area contributed by atoms with Gasteiger partial charge >= 0.3 is 0 Å². The fourth-order valence-electron chi connectivity index (χ4n) is 2.20. The van der Waals surface area contributed by atoms with Crippen molar-refractivity contribution in [1.82, 2.24) is 9.97 Å². The first kappa shape index (κ1) is 15.1. The molecule has 0 aliphatic carbocycles. The maximum absolute atomic E-state index is 5.36. The van der Waals surface area contributed by atoms with Gasteiger partial charge in [-0.2, -0.15) is 0 Å². The molecule has 0 bridgehead atoms. The Morgan fingerprint density at radius 1 is 1.10 bits per heavy atom. The van der Waals surface area contributed by atoms with Crippen LogP contribution >= 0.6 is 0 Å². The average molecular weight is 286 g/mol. The van der Waals surface area contributed by atoms with Crippen molar-refractivity contribution in [2.75, 3.05) is 30.8 Å². The predicted octanol–water partition coefficient (Wildman–Crippen LogP) is 2.88. The summed E-state index contributed by atoms with van der Waals surface area (Å²) in [7, 11) is 1.70. The Hall–Kier alpha value is -2.30. The number of para-hydroxylation sites is 1. The minimum absolute atomic E-state index is 0.795. The summed E-state index contributed by atoms with van der Waals surface area (Å²) in [6.45, 7) is 5.71. The summed E-state index contributed by atoms with van der Waals surface area (Å²) < 4.78 is 5.36. The van der Waals surface area contributed by atoms with Crippen molar-refractivity contribution >= 4 is 11.6 Å². The summed E-state index contributed by atoms with van der Waals surface area (Å²) in [5, 5.41) is 6.60. The van der Waals surface area contributed by atoms with E-state index in [1.54, 1.807) is 13.4 Å². The van der Waals surface area contributed by atoms with Crippen LogP contribution in [0.1, 0.15) is 18.1 Å². The zero-order chi connectivity index (χ0) is 15.1. The second kappa shape index (κ2) is 7.47. The van der Waals surface area contributed by atoms with Crippen molar-refractivity contribution in [3.63, 3.8) is 0 Å². The Kier molecular flexibility index (Phi) is 5.37. The van der Waals surface area contributed by atoms with Crippen molar-refractivity contribution in [1.29, 1.82) is 0 Å². The maximum atomic E-state index is 5.36. The van der Waals surface area contributed by atoms with Gasteiger partial charge < -0.3 is 15.4 Å². The number of nitrogens with zero attached hydrogens (tertiary/aromatic N) is 2. The Morgan fingerprint density at radius 3 is 2.52 bits per heavy atom. The lowest BCUT2D eigenvalue weighted by molar-refractivity contribution is 0.410. The van der Waals surface area contributed by atoms with Crippen LogP contribution in [-0.4, -0.2) is 30.2 Å². The van der Waals surface area contributed by atoms with Crippen LogP contribution in [0.3, 0.4) is 0 Å². The molecular weight excluding hydrogens is 264 g/mol. The first-order chi connectivity index (χ1) is 10.3. The Bertz CT molecular complexity index is 586. The van der Waals surface area contributed by atoms with E-state index in [0.29, 0.717) is 0 Å². The molecule has 0 unspecified atom stereocenters. The van der Waals surface area contributed by atoms with Crippen LogP contribution in [0.2, 0.25) is 0 Å². The molecule has 1 aromatic carbocycles. The molecule has 21 heavy (non-hydrogen) atoms. The van der Waals surface area contributed by atoms with E-state index in [1.807, 2.05) is 25.1 Å². The highest BCUT2D eigenvalue weighted by Gasteiger charge is 2.06. The van der Waals surface area contributed by atoms with Crippen LogP contribution in [-0.2, 0) is 6.42 Å². The second-order valence-electron chi connectivity index (χ2n) is 4.71. The second-order valence-corrected chi connectivity index (χ2v) is 4.71. The third-order valence-corrected chi connectivity index (χ3v) is 3.31. The topological polar surface area (TPSA) is 59.1 Å². The molecule has 0 spiro atoms. The molecule has 2 N–H and O–H groups in total. The largest absolute Gasteiger partial charge is 0.496 e. The molecule has 5 heteroatoms. The Balaban J connectivity index is 1.99. The minimum Gasteiger partial charge on any atom is -0.496 e. The molecule has 1 heterocycles. The summed E-state index contributed by atoms with van der Waals surface area (Å²) in [5.41, 5.74) is 2.23. The molecule has 0 aliphatic heterocycles. The van der Waals surface area contributed by atoms with E-state index in [9.17, 15) is 0 Å². The minimum atomic E-state index is 0.795. The summed E-state index contributed by atoms with van der Waals surface area (Å²) in [6, 6.07) is 8.07. The molecule has 2 rings (SSSR count). The first-order valence-corrected chi connectivity index (χ1v) is 7.17. The van der Waals surface area contributed by atoms with Crippen molar-refractivity contribution in [3.8, 4) is 5.75 Å². The normalized spacial score (nSPS) is 10.2. The number of hydrogen-bond acceptors (Lipinski definition) is 5. The van der Waals surface area contributed by atoms with Gasteiger partial charge in [-0.3, -0.25) is 0 Å². The van der Waals surface area contributed by atoms with Gasteiger partial charge in [0.2, 0.25) is 0 Å². The Labute approximate surface area is 125 Å². The van der Waals surface area contributed by atoms with Gasteiger partial charge in [-0.1, -0.05) is 18.2 Å². The van der Waals surface area contributed by atoms with Crippen LogP contribution in [0.15, 0.2) is 30.6 Å². The fourth-order valence-corrected chi connectivity index (χ4v) is 2.20. The molecule has 0 amide bonds. The summed E-state index contributed by atoms with van der Waals surface area (Å²) in [4.78, 5) is 8.54. The standard InChI is InChI=1S/C16H22N4O/c1-4-17-15-12(2)16(20-11-19-15)18-10-9-13-7-5-6-8-14(13)21-3/h5-8,11H,4,9-10H2,1-3H3,(H2,17,18,19,20). The highest BCUT2D eigenvalue weighted by molar-refractivity contribution is 5.56. The van der Waals surface area contributed by atoms with Gasteiger partial charge in [-0.05, 0) is 31.9 Å². The van der Waals surface area contributed by atoms with Crippen LogP contribution in [0, 0.1) is 6.92 Å². The molecule has 0 radical (unpaired) electrons. The fraction of sp³-hybridized carbons (Fsp3) is 0.375. The van der Waals surface area contributed by atoms with Crippen LogP contribution in [0.25, 0.3) is 0 Å². The van der Waals surface area contributed by atoms with E-state index in [0.717, 1.165) is 42.5 Å². The van der Waals surface area contributed by atoms with Gasteiger partial charge in [0, 0.05) is 18.7 Å². The molecule has 1 aromatic heterocycles. The lowest BCUT2D eigenvalue weighted by Crippen LogP contribution is -2.11. The highest BCUT2D eigenvalue weighted by Crippen LogP contribution is 2.20. The number of ether oxygens (including phenoxy) is 1. The first-order valence-electron chi connectivity index (χ1n) is 7.17. The van der Waals surface area contributed by atoms with E-state index in [2.05, 4.69) is 33.6 Å². The third-order valence-electron chi connectivity index (χ3n) is 3.31. The quantitative estimate of drug-likeness (QED) is 0.819. The van der Waals surface area contributed by atoms with Crippen molar-refractivity contribution in [2.45, 2.75) is 20.3 Å². The summed E-state index contributed by atoms with van der Waals surface area (Å²) in [5.74, 6) is 2.68. The number of nitrogens with one attached hydrogen (secondary N) is 2. The number of methoxy groups -OCH3 is 1. The van der Waals surface area contributed by atoms with Gasteiger partial charge in [-0.15, -0.1) is 0 Å². The van der Waals surface area contributed by atoms with Crippen LogP contribution in [0.5, 0.6) is 5.75 Å². The SMILES string of the molecule is CCNc1ncnc(NCCc2ccccc2OC)c1C. The van der Waals surface area contributed by atoms with E-state index in [4.69, 9.17) is 4.74 Å². The molecule has 112 valence electrons. The molecule has 5 nitrogen and oxygen atoms in total. The number of rotatable bonds is 7. The monoisotopic (exact) mass is 286 g/mol. The average Bonchev–Trinajstić information content (AvgIpc) is 2.51. The Morgan fingerprint density at radius 2 is 1.81 bits per heavy atom. The molecular formula is C16H22N4O. The molecule has 0 saturated heterocycles. The van der Waals surface area contributed by atoms with Gasteiger partial charge in [0.15, 0.2) is 0 Å². The summed E-state index contributed by atoms with van der Waals surface area (Å²) >= 11 is 0. The zero-order valence-electron chi connectivity index (χ0n) is 12.8. The maximum Gasteiger partial charge on any atom is 0.134 e. The van der Waals surface area contributed by atoms with Gasteiger partial charge in [-0.25, -0.2) is 9.97 Å². The molecule has 0 aliphatic rings. The van der Waals surface area contributed by atoms with Crippen molar-refractivity contribution in [3.05, 3.63) is 41.7 Å². The summed E-state index contributed by atoms with van der Waals surface area (Å²) in [6.07, 6.45) is 2.46. The molecule has 0 saturated carbocycles. The van der Waals surface area contributed by atoms with Gasteiger partial charge in [0.1, 0.15) is 23.7 Å². The molecule has 2 aromatic rings. The smallest absolute Gasteiger partial charge is 0.134 e. The highest BCUT2D eigenvalue weighted by atomic mass is 16.5. The number of benzene rings is 1. The van der Waals surface area contributed by atoms with Crippen molar-refractivity contribution < 1.29 is 4.74 Å². The predicted molar refractivity (Wildman–Crippen MR) is 86.1 cm³/mol. The van der Waals surface area contributed by atoms with E-state index >= 15 is 0 Å². The van der Waals surface area contributed by atoms with Gasteiger partial charge in [0.05, 0.1) is 7.11 Å². The van der Waals surface area contributed by atoms with E-state index < -0.39 is 0 Å². The molecule has 0 atom stereocenters. The third kappa shape index (κ3) is 3.84. The zero-order valence-corrected chi connectivity index (χ0v) is 12.8. The number of anilines is 2. The lowest BCUT2D eigenvalue weighted by atomic mass is 10.1. The lowest BCUT2D eigenvalue weighted by Gasteiger charge is -2.13. The number of hydrogen-bond donors (Lipinski definition) is 2. The van der Waals surface area contributed by atoms with Crippen LogP contribution in [0.4, 0.5) is 11.6 Å². The van der Waals surface area contributed by atoms with Crippen LogP contribution < -0.4 is 15.4 Å². The van der Waals surface area contributed by atoms with Gasteiger partial charge in [0.25, 0.3) is 0 Å². The van der Waals surface area contributed by atoms with Crippen molar-refractivity contribution in [2.24, 2.45) is 0 Å². The van der Waals surface area contributed by atoms with E-state index in [-0.39, 0.29) is 0 Å². The number of aromatic nitrogens is 2.